The van der Waals surface area contributed by atoms with Gasteiger partial charge in [-0.05, 0) is 19.1 Å². The summed E-state index contributed by atoms with van der Waals surface area (Å²) < 4.78 is 31.2. The van der Waals surface area contributed by atoms with Gasteiger partial charge in [-0.3, -0.25) is 0 Å². The molecule has 0 bridgehead atoms. The summed E-state index contributed by atoms with van der Waals surface area (Å²) in [5.74, 6) is -0.729. The number of rotatable bonds is 4. The number of halogens is 2. The smallest absolute Gasteiger partial charge is 0.224 e. The Balaban J connectivity index is 2.20. The molecule has 1 aromatic heterocycles. The van der Waals surface area contributed by atoms with Gasteiger partial charge >= 0.3 is 0 Å². The third-order valence-corrected chi connectivity index (χ3v) is 2.61. The largest absolute Gasteiger partial charge is 0.439 e. The van der Waals surface area contributed by atoms with E-state index in [0.29, 0.717) is 5.82 Å². The second-order valence-electron chi connectivity index (χ2n) is 3.91. The molecule has 0 atom stereocenters. The van der Waals surface area contributed by atoms with Crippen molar-refractivity contribution in [2.45, 2.75) is 6.92 Å². The van der Waals surface area contributed by atoms with Crippen LogP contribution in [0, 0.1) is 11.6 Å². The summed E-state index contributed by atoms with van der Waals surface area (Å²) in [6, 6.07) is 4.94. The molecule has 0 spiro atoms. The zero-order chi connectivity index (χ0) is 13.8. The van der Waals surface area contributed by atoms with Crippen LogP contribution in [0.2, 0.25) is 0 Å². The molecule has 0 aliphatic carbocycles. The van der Waals surface area contributed by atoms with Gasteiger partial charge in [-0.2, -0.15) is 0 Å². The molecule has 0 unspecified atom stereocenters. The van der Waals surface area contributed by atoms with E-state index in [1.54, 1.807) is 6.07 Å². The van der Waals surface area contributed by atoms with Crippen molar-refractivity contribution in [3.63, 3.8) is 0 Å². The maximum absolute atomic E-state index is 13.0. The first kappa shape index (κ1) is 13.2. The van der Waals surface area contributed by atoms with Gasteiger partial charge in [-0.1, -0.05) is 0 Å². The summed E-state index contributed by atoms with van der Waals surface area (Å²) in [7, 11) is 1.88. The molecule has 0 aliphatic heterocycles. The molecule has 2 aromatic rings. The SMILES string of the molecule is CCN(C)c1cc(Oc2ccc(F)c(F)c2)ncn1. The highest BCUT2D eigenvalue weighted by Gasteiger charge is 2.07. The Morgan fingerprint density at radius 1 is 1.16 bits per heavy atom. The third-order valence-electron chi connectivity index (χ3n) is 2.61. The Bertz CT molecular complexity index is 578. The van der Waals surface area contributed by atoms with Crippen LogP contribution in [0.15, 0.2) is 30.6 Å². The van der Waals surface area contributed by atoms with Gasteiger partial charge in [0.05, 0.1) is 0 Å². The van der Waals surface area contributed by atoms with E-state index >= 15 is 0 Å². The van der Waals surface area contributed by atoms with Gasteiger partial charge in [0, 0.05) is 25.7 Å². The van der Waals surface area contributed by atoms with E-state index in [-0.39, 0.29) is 11.6 Å². The van der Waals surface area contributed by atoms with E-state index in [1.807, 2.05) is 18.9 Å². The van der Waals surface area contributed by atoms with Crippen molar-refractivity contribution in [2.24, 2.45) is 0 Å². The highest BCUT2D eigenvalue weighted by atomic mass is 19.2. The highest BCUT2D eigenvalue weighted by molar-refractivity contribution is 5.40. The van der Waals surface area contributed by atoms with E-state index in [1.165, 1.54) is 12.4 Å². The van der Waals surface area contributed by atoms with Crippen LogP contribution in [0.5, 0.6) is 11.6 Å². The van der Waals surface area contributed by atoms with Crippen molar-refractivity contribution in [1.82, 2.24) is 9.97 Å². The normalized spacial score (nSPS) is 10.3. The standard InChI is InChI=1S/C13H13F2N3O/c1-3-18(2)12-7-13(17-8-16-12)19-9-4-5-10(14)11(15)6-9/h4-8H,3H2,1-2H3. The molecule has 19 heavy (non-hydrogen) atoms. The van der Waals surface area contributed by atoms with E-state index in [9.17, 15) is 8.78 Å². The maximum Gasteiger partial charge on any atom is 0.224 e. The van der Waals surface area contributed by atoms with Crippen LogP contribution in [-0.2, 0) is 0 Å². The average molecular weight is 265 g/mol. The predicted molar refractivity (Wildman–Crippen MR) is 67.4 cm³/mol. The third kappa shape index (κ3) is 3.15. The van der Waals surface area contributed by atoms with E-state index in [4.69, 9.17) is 4.74 Å². The van der Waals surface area contributed by atoms with Crippen LogP contribution in [0.1, 0.15) is 6.92 Å². The Kier molecular flexibility index (Phi) is 3.89. The summed E-state index contributed by atoms with van der Waals surface area (Å²) in [6.07, 6.45) is 1.36. The van der Waals surface area contributed by atoms with Gasteiger partial charge in [0.1, 0.15) is 17.9 Å². The van der Waals surface area contributed by atoms with Gasteiger partial charge in [-0.25, -0.2) is 18.7 Å². The Hall–Kier alpha value is -2.24. The molecule has 0 N–H and O–H groups in total. The highest BCUT2D eigenvalue weighted by Crippen LogP contribution is 2.23. The second-order valence-corrected chi connectivity index (χ2v) is 3.91. The Labute approximate surface area is 109 Å². The molecule has 6 heteroatoms. The number of hydrogen-bond donors (Lipinski definition) is 0. The number of nitrogens with zero attached hydrogens (tertiary/aromatic N) is 3. The summed E-state index contributed by atoms with van der Waals surface area (Å²) in [5.41, 5.74) is 0. The fourth-order valence-corrected chi connectivity index (χ4v) is 1.42. The molecular formula is C13H13F2N3O. The number of anilines is 1. The lowest BCUT2D eigenvalue weighted by molar-refractivity contribution is 0.446. The maximum atomic E-state index is 13.0. The van der Waals surface area contributed by atoms with Crippen LogP contribution in [-0.4, -0.2) is 23.6 Å². The average Bonchev–Trinajstić information content (AvgIpc) is 2.42. The monoisotopic (exact) mass is 265 g/mol. The molecule has 1 aromatic carbocycles. The molecule has 0 amide bonds. The van der Waals surface area contributed by atoms with Crippen LogP contribution < -0.4 is 9.64 Å². The number of hydrogen-bond acceptors (Lipinski definition) is 4. The molecule has 100 valence electrons. The van der Waals surface area contributed by atoms with Crippen LogP contribution >= 0.6 is 0 Å². The Morgan fingerprint density at radius 3 is 2.63 bits per heavy atom. The van der Waals surface area contributed by atoms with Gasteiger partial charge in [-0.15, -0.1) is 0 Å². The molecular weight excluding hydrogens is 252 g/mol. The summed E-state index contributed by atoms with van der Waals surface area (Å²) in [5, 5.41) is 0. The van der Waals surface area contributed by atoms with Crippen molar-refractivity contribution >= 4 is 5.82 Å². The van der Waals surface area contributed by atoms with Crippen LogP contribution in [0.4, 0.5) is 14.6 Å². The summed E-state index contributed by atoms with van der Waals surface area (Å²) in [4.78, 5) is 9.91. The summed E-state index contributed by atoms with van der Waals surface area (Å²) in [6.45, 7) is 2.76. The molecule has 0 fully saturated rings. The van der Waals surface area contributed by atoms with Crippen molar-refractivity contribution in [1.29, 1.82) is 0 Å². The van der Waals surface area contributed by atoms with Crippen LogP contribution in [0.3, 0.4) is 0 Å². The lowest BCUT2D eigenvalue weighted by atomic mass is 10.3. The molecule has 0 aliphatic rings. The van der Waals surface area contributed by atoms with Gasteiger partial charge in [0.2, 0.25) is 5.88 Å². The number of benzene rings is 1. The topological polar surface area (TPSA) is 38.2 Å². The van der Waals surface area contributed by atoms with Gasteiger partial charge in [0.25, 0.3) is 0 Å². The lowest BCUT2D eigenvalue weighted by Gasteiger charge is -2.15. The zero-order valence-electron chi connectivity index (χ0n) is 10.6. The van der Waals surface area contributed by atoms with Gasteiger partial charge < -0.3 is 9.64 Å². The first-order chi connectivity index (χ1) is 9.10. The minimum absolute atomic E-state index is 0.183. The summed E-state index contributed by atoms with van der Waals surface area (Å²) >= 11 is 0. The molecule has 0 saturated carbocycles. The predicted octanol–water partition coefficient (Wildman–Crippen LogP) is 3.00. The van der Waals surface area contributed by atoms with Crippen molar-refractivity contribution in [2.75, 3.05) is 18.5 Å². The van der Waals surface area contributed by atoms with Gasteiger partial charge in [0.15, 0.2) is 11.6 Å². The molecule has 0 saturated heterocycles. The number of ether oxygens (including phenoxy) is 1. The molecule has 0 radical (unpaired) electrons. The molecule has 1 heterocycles. The fourth-order valence-electron chi connectivity index (χ4n) is 1.42. The van der Waals surface area contributed by atoms with Crippen molar-refractivity contribution < 1.29 is 13.5 Å². The molecule has 2 rings (SSSR count). The minimum Gasteiger partial charge on any atom is -0.439 e. The first-order valence-electron chi connectivity index (χ1n) is 5.76. The Morgan fingerprint density at radius 2 is 1.95 bits per heavy atom. The minimum atomic E-state index is -0.961. The van der Waals surface area contributed by atoms with Crippen molar-refractivity contribution in [3.05, 3.63) is 42.2 Å². The van der Waals surface area contributed by atoms with E-state index < -0.39 is 11.6 Å². The quantitative estimate of drug-likeness (QED) is 0.851. The van der Waals surface area contributed by atoms with Crippen LogP contribution in [0.25, 0.3) is 0 Å². The number of aromatic nitrogens is 2. The van der Waals surface area contributed by atoms with Crippen molar-refractivity contribution in [3.8, 4) is 11.6 Å². The van der Waals surface area contributed by atoms with E-state index in [0.717, 1.165) is 18.7 Å². The zero-order valence-corrected chi connectivity index (χ0v) is 10.6. The van der Waals surface area contributed by atoms with E-state index in [2.05, 4.69) is 9.97 Å². The fraction of sp³-hybridized carbons (Fsp3) is 0.231. The lowest BCUT2D eigenvalue weighted by Crippen LogP contribution is -2.17. The molecule has 4 nitrogen and oxygen atoms in total. The first-order valence-corrected chi connectivity index (χ1v) is 5.76. The second kappa shape index (κ2) is 5.60.